The quantitative estimate of drug-likeness (QED) is 0.531. The number of benzene rings is 2. The van der Waals surface area contributed by atoms with Crippen LogP contribution in [0.4, 0.5) is 5.82 Å². The maximum atomic E-state index is 11.0. The minimum atomic E-state index is -0.244. The molecule has 0 fully saturated rings. The van der Waals surface area contributed by atoms with Crippen molar-refractivity contribution in [2.24, 2.45) is 0 Å². The fourth-order valence-corrected chi connectivity index (χ4v) is 3.37. The SMILES string of the molecule is Cc1ccnc(NC(c2ccccc2C)c2ccc3cccnc3c2O)c1. The molecule has 0 spiro atoms. The van der Waals surface area contributed by atoms with Gasteiger partial charge in [-0.3, -0.25) is 4.98 Å². The Bertz CT molecular complexity index is 1110. The summed E-state index contributed by atoms with van der Waals surface area (Å²) >= 11 is 0. The van der Waals surface area contributed by atoms with E-state index in [1.165, 1.54) is 0 Å². The van der Waals surface area contributed by atoms with Crippen LogP contribution in [0.5, 0.6) is 5.75 Å². The van der Waals surface area contributed by atoms with Gasteiger partial charge in [-0.2, -0.15) is 0 Å². The third-order valence-corrected chi connectivity index (χ3v) is 4.80. The number of aromatic nitrogens is 2. The summed E-state index contributed by atoms with van der Waals surface area (Å²) in [6.45, 7) is 4.11. The Morgan fingerprint density at radius 2 is 1.70 bits per heavy atom. The van der Waals surface area contributed by atoms with E-state index in [0.717, 1.165) is 33.5 Å². The molecule has 0 amide bonds. The summed E-state index contributed by atoms with van der Waals surface area (Å²) in [5.74, 6) is 0.963. The lowest BCUT2D eigenvalue weighted by atomic mass is 9.93. The predicted octanol–water partition coefficient (Wildman–Crippen LogP) is 5.15. The zero-order valence-corrected chi connectivity index (χ0v) is 15.3. The Morgan fingerprint density at radius 3 is 2.52 bits per heavy atom. The number of hydrogen-bond acceptors (Lipinski definition) is 4. The third-order valence-electron chi connectivity index (χ3n) is 4.80. The molecule has 4 nitrogen and oxygen atoms in total. The molecule has 0 saturated heterocycles. The highest BCUT2D eigenvalue weighted by atomic mass is 16.3. The average molecular weight is 355 g/mol. The highest BCUT2D eigenvalue weighted by Gasteiger charge is 2.21. The molecule has 0 radical (unpaired) electrons. The van der Waals surface area contributed by atoms with Gasteiger partial charge in [0.05, 0.1) is 6.04 Å². The molecule has 4 heteroatoms. The number of rotatable bonds is 4. The molecule has 1 atom stereocenters. The molecular weight excluding hydrogens is 334 g/mol. The van der Waals surface area contributed by atoms with Crippen molar-refractivity contribution in [1.29, 1.82) is 0 Å². The molecule has 4 aromatic rings. The van der Waals surface area contributed by atoms with Gasteiger partial charge in [-0.25, -0.2) is 4.98 Å². The molecule has 0 aliphatic heterocycles. The van der Waals surface area contributed by atoms with Crippen molar-refractivity contribution in [2.75, 3.05) is 5.32 Å². The Labute approximate surface area is 158 Å². The second-order valence-corrected chi connectivity index (χ2v) is 6.73. The number of fused-ring (bicyclic) bond motifs is 1. The molecule has 2 aromatic carbocycles. The van der Waals surface area contributed by atoms with E-state index < -0.39 is 0 Å². The molecule has 0 bridgehead atoms. The van der Waals surface area contributed by atoms with E-state index in [2.05, 4.69) is 34.3 Å². The van der Waals surface area contributed by atoms with Gasteiger partial charge in [-0.05, 0) is 48.7 Å². The number of hydrogen-bond donors (Lipinski definition) is 2. The Kier molecular flexibility index (Phi) is 4.47. The van der Waals surface area contributed by atoms with Crippen LogP contribution in [0.3, 0.4) is 0 Å². The van der Waals surface area contributed by atoms with Gasteiger partial charge in [0.15, 0.2) is 0 Å². The minimum absolute atomic E-state index is 0.196. The van der Waals surface area contributed by atoms with Crippen LogP contribution in [0.15, 0.2) is 73.1 Å². The van der Waals surface area contributed by atoms with E-state index in [1.807, 2.05) is 55.5 Å². The average Bonchev–Trinajstić information content (AvgIpc) is 2.68. The summed E-state index contributed by atoms with van der Waals surface area (Å²) in [6.07, 6.45) is 3.48. The fraction of sp³-hybridized carbons (Fsp3) is 0.130. The van der Waals surface area contributed by atoms with E-state index in [9.17, 15) is 5.11 Å². The highest BCUT2D eigenvalue weighted by molar-refractivity contribution is 5.86. The number of nitrogens with one attached hydrogen (secondary N) is 1. The van der Waals surface area contributed by atoms with Crippen molar-refractivity contribution < 1.29 is 5.11 Å². The standard InChI is InChI=1S/C23H21N3O/c1-15-11-13-24-20(14-15)26-22(18-8-4-3-6-16(18)2)19-10-9-17-7-5-12-25-21(17)23(19)27/h3-14,22,27H,1-2H3,(H,24,26). The van der Waals surface area contributed by atoms with Crippen molar-refractivity contribution in [2.45, 2.75) is 19.9 Å². The van der Waals surface area contributed by atoms with Crippen LogP contribution in [0.25, 0.3) is 10.9 Å². The largest absolute Gasteiger partial charge is 0.505 e. The lowest BCUT2D eigenvalue weighted by Gasteiger charge is -2.23. The maximum Gasteiger partial charge on any atom is 0.147 e. The number of aromatic hydroxyl groups is 1. The van der Waals surface area contributed by atoms with Crippen LogP contribution in [0.1, 0.15) is 28.3 Å². The molecule has 0 saturated carbocycles. The van der Waals surface area contributed by atoms with Gasteiger partial charge in [-0.15, -0.1) is 0 Å². The fourth-order valence-electron chi connectivity index (χ4n) is 3.37. The van der Waals surface area contributed by atoms with Crippen LogP contribution >= 0.6 is 0 Å². The topological polar surface area (TPSA) is 58.0 Å². The van der Waals surface area contributed by atoms with Gasteiger partial charge in [0.25, 0.3) is 0 Å². The Morgan fingerprint density at radius 1 is 0.852 bits per heavy atom. The van der Waals surface area contributed by atoms with Crippen molar-refractivity contribution in [1.82, 2.24) is 9.97 Å². The van der Waals surface area contributed by atoms with Crippen LogP contribution < -0.4 is 5.32 Å². The van der Waals surface area contributed by atoms with Crippen molar-refractivity contribution in [3.05, 3.63) is 95.3 Å². The van der Waals surface area contributed by atoms with Crippen molar-refractivity contribution >= 4 is 16.7 Å². The summed E-state index contributed by atoms with van der Waals surface area (Å²) < 4.78 is 0. The number of pyridine rings is 2. The van der Waals surface area contributed by atoms with Gasteiger partial charge >= 0.3 is 0 Å². The Hall–Kier alpha value is -3.40. The van der Waals surface area contributed by atoms with E-state index in [-0.39, 0.29) is 11.8 Å². The van der Waals surface area contributed by atoms with Crippen LogP contribution in [-0.4, -0.2) is 15.1 Å². The molecule has 4 rings (SSSR count). The van der Waals surface area contributed by atoms with E-state index in [1.54, 1.807) is 12.4 Å². The number of phenolic OH excluding ortho intramolecular Hbond substituents is 1. The molecule has 2 N–H and O–H groups in total. The van der Waals surface area contributed by atoms with Gasteiger partial charge in [-0.1, -0.05) is 42.5 Å². The summed E-state index contributed by atoms with van der Waals surface area (Å²) in [6, 6.07) is 19.7. The first-order valence-corrected chi connectivity index (χ1v) is 8.95. The molecule has 0 aliphatic rings. The smallest absolute Gasteiger partial charge is 0.147 e. The number of aryl methyl sites for hydroxylation is 2. The molecule has 27 heavy (non-hydrogen) atoms. The number of anilines is 1. The van der Waals surface area contributed by atoms with Gasteiger partial charge in [0.2, 0.25) is 0 Å². The lowest BCUT2D eigenvalue weighted by Crippen LogP contribution is -2.15. The van der Waals surface area contributed by atoms with E-state index in [0.29, 0.717) is 5.52 Å². The van der Waals surface area contributed by atoms with Crippen molar-refractivity contribution in [3.8, 4) is 5.75 Å². The number of phenols is 1. The van der Waals surface area contributed by atoms with Gasteiger partial charge in [0, 0.05) is 23.3 Å². The minimum Gasteiger partial charge on any atom is -0.505 e. The first kappa shape index (κ1) is 17.0. The highest BCUT2D eigenvalue weighted by Crippen LogP contribution is 2.37. The second-order valence-electron chi connectivity index (χ2n) is 6.73. The van der Waals surface area contributed by atoms with E-state index >= 15 is 0 Å². The first-order valence-electron chi connectivity index (χ1n) is 8.95. The van der Waals surface area contributed by atoms with Crippen LogP contribution in [-0.2, 0) is 0 Å². The monoisotopic (exact) mass is 355 g/mol. The molecule has 134 valence electrons. The Balaban J connectivity index is 1.88. The zero-order valence-electron chi connectivity index (χ0n) is 15.3. The summed E-state index contributed by atoms with van der Waals surface area (Å²) in [5, 5.41) is 15.4. The normalized spacial score (nSPS) is 12.1. The molecular formula is C23H21N3O. The predicted molar refractivity (Wildman–Crippen MR) is 109 cm³/mol. The number of nitrogens with zero attached hydrogens (tertiary/aromatic N) is 2. The third kappa shape index (κ3) is 3.34. The van der Waals surface area contributed by atoms with E-state index in [4.69, 9.17) is 0 Å². The molecule has 2 heterocycles. The lowest BCUT2D eigenvalue weighted by molar-refractivity contribution is 0.471. The summed E-state index contributed by atoms with van der Waals surface area (Å²) in [5.41, 5.74) is 4.74. The summed E-state index contributed by atoms with van der Waals surface area (Å²) in [7, 11) is 0. The molecule has 0 aliphatic carbocycles. The van der Waals surface area contributed by atoms with Gasteiger partial charge in [0.1, 0.15) is 17.1 Å². The second kappa shape index (κ2) is 7.08. The molecule has 1 unspecified atom stereocenters. The maximum absolute atomic E-state index is 11.0. The van der Waals surface area contributed by atoms with Crippen LogP contribution in [0.2, 0.25) is 0 Å². The van der Waals surface area contributed by atoms with Crippen LogP contribution in [0, 0.1) is 13.8 Å². The molecule has 2 aromatic heterocycles. The summed E-state index contributed by atoms with van der Waals surface area (Å²) in [4.78, 5) is 8.81. The van der Waals surface area contributed by atoms with Gasteiger partial charge < -0.3 is 10.4 Å². The zero-order chi connectivity index (χ0) is 18.8. The first-order chi connectivity index (χ1) is 13.1. The van der Waals surface area contributed by atoms with Crippen molar-refractivity contribution in [3.63, 3.8) is 0 Å².